The third-order valence-electron chi connectivity index (χ3n) is 2.85. The lowest BCUT2D eigenvalue weighted by Crippen LogP contribution is -1.87. The molecule has 0 aliphatic rings. The van der Waals surface area contributed by atoms with E-state index in [1.807, 2.05) is 42.5 Å². The summed E-state index contributed by atoms with van der Waals surface area (Å²) in [7, 11) is 0. The zero-order valence-electron chi connectivity index (χ0n) is 11.0. The first-order valence-electron chi connectivity index (χ1n) is 6.40. The Hall–Kier alpha value is -2.28. The highest BCUT2D eigenvalue weighted by molar-refractivity contribution is 5.47. The fourth-order valence-corrected chi connectivity index (χ4v) is 1.76. The van der Waals surface area contributed by atoms with Gasteiger partial charge in [0.15, 0.2) is 0 Å². The van der Waals surface area contributed by atoms with Crippen LogP contribution in [0.3, 0.4) is 0 Å². The summed E-state index contributed by atoms with van der Waals surface area (Å²) in [5.41, 5.74) is 3.58. The molecule has 0 aromatic heterocycles. The summed E-state index contributed by atoms with van der Waals surface area (Å²) < 4.78 is 5.51. The van der Waals surface area contributed by atoms with Crippen molar-refractivity contribution in [1.82, 2.24) is 0 Å². The largest absolute Gasteiger partial charge is 0.497 e. The fourth-order valence-electron chi connectivity index (χ4n) is 1.76. The van der Waals surface area contributed by atoms with Gasteiger partial charge in [-0.2, -0.15) is 0 Å². The van der Waals surface area contributed by atoms with Crippen LogP contribution in [0.5, 0.6) is 0 Å². The smallest absolute Gasteiger partial charge is 0.112 e. The monoisotopic (exact) mass is 250 g/mol. The van der Waals surface area contributed by atoms with E-state index in [0.29, 0.717) is 6.61 Å². The molecule has 0 N–H and O–H groups in total. The lowest BCUT2D eigenvalue weighted by molar-refractivity contribution is 0.235. The second-order valence-electron chi connectivity index (χ2n) is 4.32. The van der Waals surface area contributed by atoms with Crippen LogP contribution < -0.4 is 0 Å². The molecule has 0 bridgehead atoms. The van der Waals surface area contributed by atoms with E-state index in [4.69, 9.17) is 4.74 Å². The van der Waals surface area contributed by atoms with Crippen LogP contribution >= 0.6 is 0 Å². The van der Waals surface area contributed by atoms with E-state index in [1.165, 1.54) is 5.56 Å². The summed E-state index contributed by atoms with van der Waals surface area (Å²) in [5, 5.41) is 0. The van der Waals surface area contributed by atoms with E-state index in [-0.39, 0.29) is 0 Å². The van der Waals surface area contributed by atoms with Crippen molar-refractivity contribution >= 4 is 6.08 Å². The van der Waals surface area contributed by atoms with Crippen LogP contribution in [0.1, 0.15) is 16.7 Å². The Kier molecular flexibility index (Phi) is 5.00. The Balaban J connectivity index is 1.75. The molecule has 0 radical (unpaired) electrons. The summed E-state index contributed by atoms with van der Waals surface area (Å²) >= 11 is 0. The molecule has 2 aromatic rings. The molecular formula is C18H18O. The number of rotatable bonds is 6. The predicted molar refractivity (Wildman–Crippen MR) is 80.6 cm³/mol. The molecule has 0 spiro atoms. The maximum absolute atomic E-state index is 5.51. The molecule has 1 nitrogen and oxygen atoms in total. The van der Waals surface area contributed by atoms with Crippen LogP contribution in [-0.4, -0.2) is 0 Å². The highest BCUT2D eigenvalue weighted by Crippen LogP contribution is 2.07. The van der Waals surface area contributed by atoms with E-state index < -0.39 is 0 Å². The van der Waals surface area contributed by atoms with Crippen LogP contribution in [0.25, 0.3) is 6.08 Å². The minimum absolute atomic E-state index is 0.600. The van der Waals surface area contributed by atoms with Gasteiger partial charge in [0, 0.05) is 0 Å². The minimum atomic E-state index is 0.600. The highest BCUT2D eigenvalue weighted by Gasteiger charge is 1.91. The zero-order chi connectivity index (χ0) is 13.3. The Bertz CT molecular complexity index is 523. The Morgan fingerprint density at radius 2 is 1.63 bits per heavy atom. The third-order valence-corrected chi connectivity index (χ3v) is 2.85. The Morgan fingerprint density at radius 1 is 0.895 bits per heavy atom. The summed E-state index contributed by atoms with van der Waals surface area (Å²) in [6.45, 7) is 4.33. The van der Waals surface area contributed by atoms with Gasteiger partial charge >= 0.3 is 0 Å². The molecule has 2 rings (SSSR count). The van der Waals surface area contributed by atoms with Gasteiger partial charge in [-0.3, -0.25) is 0 Å². The first-order chi connectivity index (χ1) is 9.38. The fraction of sp³-hybridized carbons (Fsp3) is 0.111. The lowest BCUT2D eigenvalue weighted by atomic mass is 10.1. The molecule has 0 aliphatic carbocycles. The van der Waals surface area contributed by atoms with Gasteiger partial charge < -0.3 is 4.74 Å². The van der Waals surface area contributed by atoms with Gasteiger partial charge in [-0.05, 0) is 29.2 Å². The number of benzene rings is 2. The maximum atomic E-state index is 5.51. The molecular weight excluding hydrogens is 232 g/mol. The van der Waals surface area contributed by atoms with Crippen molar-refractivity contribution in [2.24, 2.45) is 0 Å². The predicted octanol–water partition coefficient (Wildman–Crippen LogP) is 4.60. The normalized spacial score (nSPS) is 10.5. The zero-order valence-corrected chi connectivity index (χ0v) is 11.0. The van der Waals surface area contributed by atoms with Crippen LogP contribution in [0.15, 0.2) is 73.5 Å². The highest BCUT2D eigenvalue weighted by atomic mass is 16.5. The first-order valence-corrected chi connectivity index (χ1v) is 6.40. The lowest BCUT2D eigenvalue weighted by Gasteiger charge is -2.02. The molecule has 0 amide bonds. The van der Waals surface area contributed by atoms with Gasteiger partial charge in [0.2, 0.25) is 0 Å². The molecule has 0 saturated carbocycles. The molecule has 96 valence electrons. The molecule has 0 heterocycles. The van der Waals surface area contributed by atoms with Crippen molar-refractivity contribution < 1.29 is 4.74 Å². The third kappa shape index (κ3) is 4.47. The van der Waals surface area contributed by atoms with Crippen molar-refractivity contribution in [2.45, 2.75) is 13.0 Å². The van der Waals surface area contributed by atoms with Gasteiger partial charge in [0.1, 0.15) is 6.61 Å². The van der Waals surface area contributed by atoms with E-state index in [9.17, 15) is 0 Å². The van der Waals surface area contributed by atoms with E-state index >= 15 is 0 Å². The molecule has 0 aliphatic heterocycles. The number of allylic oxidation sites excluding steroid dienone is 1. The van der Waals surface area contributed by atoms with Crippen molar-refractivity contribution in [2.75, 3.05) is 0 Å². The molecule has 0 atom stereocenters. The average Bonchev–Trinajstić information content (AvgIpc) is 2.49. The standard InChI is InChI=1S/C18H18O/c1-2-16-10-12-18(13-11-16)15-19-14-6-9-17-7-4-3-5-8-17/h2-8,10-14H,1,9,15H2. The summed E-state index contributed by atoms with van der Waals surface area (Å²) in [6.07, 6.45) is 6.54. The molecule has 1 heteroatoms. The first kappa shape index (κ1) is 13.2. The molecule has 0 fully saturated rings. The molecule has 2 aromatic carbocycles. The minimum Gasteiger partial charge on any atom is -0.497 e. The number of hydrogen-bond donors (Lipinski definition) is 0. The number of ether oxygens (including phenoxy) is 1. The summed E-state index contributed by atoms with van der Waals surface area (Å²) in [4.78, 5) is 0. The second-order valence-corrected chi connectivity index (χ2v) is 4.32. The van der Waals surface area contributed by atoms with Gasteiger partial charge in [0.25, 0.3) is 0 Å². The topological polar surface area (TPSA) is 9.23 Å². The van der Waals surface area contributed by atoms with Gasteiger partial charge in [0.05, 0.1) is 6.26 Å². The average molecular weight is 250 g/mol. The van der Waals surface area contributed by atoms with Crippen LogP contribution in [0.2, 0.25) is 0 Å². The van der Waals surface area contributed by atoms with Crippen molar-refractivity contribution in [3.8, 4) is 0 Å². The van der Waals surface area contributed by atoms with Crippen molar-refractivity contribution in [1.29, 1.82) is 0 Å². The Morgan fingerprint density at radius 3 is 2.32 bits per heavy atom. The number of hydrogen-bond acceptors (Lipinski definition) is 1. The van der Waals surface area contributed by atoms with Crippen molar-refractivity contribution in [3.05, 3.63) is 90.2 Å². The maximum Gasteiger partial charge on any atom is 0.112 e. The van der Waals surface area contributed by atoms with Crippen LogP contribution in [0.4, 0.5) is 0 Å². The SMILES string of the molecule is C=Cc1ccc(COC=CCc2ccccc2)cc1. The van der Waals surface area contributed by atoms with E-state index in [2.05, 4.69) is 30.8 Å². The molecule has 0 unspecified atom stereocenters. The van der Waals surface area contributed by atoms with Gasteiger partial charge in [-0.25, -0.2) is 0 Å². The van der Waals surface area contributed by atoms with E-state index in [1.54, 1.807) is 6.26 Å². The summed E-state index contributed by atoms with van der Waals surface area (Å²) in [5.74, 6) is 0. The summed E-state index contributed by atoms with van der Waals surface area (Å²) in [6, 6.07) is 18.5. The quantitative estimate of drug-likeness (QED) is 0.681. The molecule has 19 heavy (non-hydrogen) atoms. The van der Waals surface area contributed by atoms with Gasteiger partial charge in [-0.15, -0.1) is 0 Å². The van der Waals surface area contributed by atoms with Crippen LogP contribution in [-0.2, 0) is 17.8 Å². The second kappa shape index (κ2) is 7.22. The van der Waals surface area contributed by atoms with E-state index in [0.717, 1.165) is 17.5 Å². The van der Waals surface area contributed by atoms with Gasteiger partial charge in [-0.1, -0.05) is 67.3 Å². The molecule has 0 saturated heterocycles. The van der Waals surface area contributed by atoms with Crippen molar-refractivity contribution in [3.63, 3.8) is 0 Å². The Labute approximate surface area is 114 Å². The van der Waals surface area contributed by atoms with Crippen LogP contribution in [0, 0.1) is 0 Å².